The molecule has 0 saturated heterocycles. The lowest BCUT2D eigenvalue weighted by atomic mass is 10.2. The second-order valence-electron chi connectivity index (χ2n) is 2.49. The van der Waals surface area contributed by atoms with E-state index < -0.39 is 0 Å². The first-order valence-corrected chi connectivity index (χ1v) is 3.38. The van der Waals surface area contributed by atoms with E-state index in [0.717, 1.165) is 24.5 Å². The van der Waals surface area contributed by atoms with Crippen molar-refractivity contribution in [1.29, 1.82) is 0 Å². The maximum atomic E-state index is 4.15. The van der Waals surface area contributed by atoms with Crippen LogP contribution in [0.5, 0.6) is 0 Å². The van der Waals surface area contributed by atoms with Crippen molar-refractivity contribution in [2.75, 3.05) is 0 Å². The van der Waals surface area contributed by atoms with Crippen LogP contribution in [0.4, 0.5) is 0 Å². The number of nitrogens with zero attached hydrogens (tertiary/aromatic N) is 2. The summed E-state index contributed by atoms with van der Waals surface area (Å²) in [6, 6.07) is 0. The SMILES string of the molecule is Cc1ncnc2c1CNC2. The third kappa shape index (κ3) is 0.708. The Bertz CT molecular complexity index is 257. The van der Waals surface area contributed by atoms with Gasteiger partial charge in [0.15, 0.2) is 0 Å². The van der Waals surface area contributed by atoms with Crippen LogP contribution >= 0.6 is 0 Å². The van der Waals surface area contributed by atoms with Gasteiger partial charge in [-0.3, -0.25) is 0 Å². The molecule has 0 amide bonds. The minimum absolute atomic E-state index is 0.901. The third-order valence-corrected chi connectivity index (χ3v) is 1.84. The van der Waals surface area contributed by atoms with Crippen LogP contribution in [0.15, 0.2) is 6.33 Å². The lowest BCUT2D eigenvalue weighted by molar-refractivity contribution is 0.756. The summed E-state index contributed by atoms with van der Waals surface area (Å²) in [6.07, 6.45) is 1.63. The van der Waals surface area contributed by atoms with E-state index >= 15 is 0 Å². The fourth-order valence-corrected chi connectivity index (χ4v) is 1.24. The van der Waals surface area contributed by atoms with Crippen molar-refractivity contribution in [2.24, 2.45) is 0 Å². The van der Waals surface area contributed by atoms with Gasteiger partial charge in [0.25, 0.3) is 0 Å². The monoisotopic (exact) mass is 135 g/mol. The molecule has 0 unspecified atom stereocenters. The highest BCUT2D eigenvalue weighted by Gasteiger charge is 2.12. The zero-order chi connectivity index (χ0) is 6.97. The van der Waals surface area contributed by atoms with Gasteiger partial charge in [0.1, 0.15) is 6.33 Å². The molecule has 1 N–H and O–H groups in total. The van der Waals surface area contributed by atoms with Gasteiger partial charge >= 0.3 is 0 Å². The number of rotatable bonds is 0. The minimum atomic E-state index is 0.901. The molecule has 1 aliphatic rings. The van der Waals surface area contributed by atoms with Crippen LogP contribution in [0.3, 0.4) is 0 Å². The van der Waals surface area contributed by atoms with Crippen molar-refractivity contribution < 1.29 is 0 Å². The Hall–Kier alpha value is -0.960. The molecule has 0 spiro atoms. The van der Waals surface area contributed by atoms with Crippen LogP contribution in [0.2, 0.25) is 0 Å². The van der Waals surface area contributed by atoms with Crippen molar-refractivity contribution in [1.82, 2.24) is 15.3 Å². The number of hydrogen-bond acceptors (Lipinski definition) is 3. The van der Waals surface area contributed by atoms with E-state index in [1.807, 2.05) is 6.92 Å². The number of aryl methyl sites for hydroxylation is 1. The molecule has 2 heterocycles. The van der Waals surface area contributed by atoms with E-state index in [0.29, 0.717) is 0 Å². The molecule has 2 rings (SSSR count). The molecule has 0 saturated carbocycles. The molecule has 0 fully saturated rings. The maximum absolute atomic E-state index is 4.15. The average molecular weight is 135 g/mol. The second kappa shape index (κ2) is 2.02. The molecule has 3 nitrogen and oxygen atoms in total. The van der Waals surface area contributed by atoms with Crippen LogP contribution in [0.25, 0.3) is 0 Å². The highest BCUT2D eigenvalue weighted by molar-refractivity contribution is 5.26. The molecule has 10 heavy (non-hydrogen) atoms. The summed E-state index contributed by atoms with van der Waals surface area (Å²) in [5.41, 5.74) is 3.55. The van der Waals surface area contributed by atoms with E-state index in [1.54, 1.807) is 6.33 Å². The van der Waals surface area contributed by atoms with E-state index in [1.165, 1.54) is 5.56 Å². The Morgan fingerprint density at radius 3 is 3.10 bits per heavy atom. The van der Waals surface area contributed by atoms with Gasteiger partial charge in [-0.25, -0.2) is 9.97 Å². The molecule has 52 valence electrons. The highest BCUT2D eigenvalue weighted by Crippen LogP contribution is 2.13. The summed E-state index contributed by atoms with van der Waals surface area (Å²) in [5, 5.41) is 3.23. The van der Waals surface area contributed by atoms with Crippen molar-refractivity contribution in [2.45, 2.75) is 20.0 Å². The molecule has 0 aromatic carbocycles. The topological polar surface area (TPSA) is 37.8 Å². The van der Waals surface area contributed by atoms with Crippen LogP contribution in [0, 0.1) is 6.92 Å². The molecule has 0 aliphatic carbocycles. The fourth-order valence-electron chi connectivity index (χ4n) is 1.24. The predicted octanol–water partition coefficient (Wildman–Crippen LogP) is 0.388. The minimum Gasteiger partial charge on any atom is -0.307 e. The molecule has 1 aliphatic heterocycles. The van der Waals surface area contributed by atoms with Gasteiger partial charge in [-0.2, -0.15) is 0 Å². The Morgan fingerprint density at radius 1 is 1.40 bits per heavy atom. The lowest BCUT2D eigenvalue weighted by Crippen LogP contribution is -2.00. The van der Waals surface area contributed by atoms with Gasteiger partial charge in [0, 0.05) is 24.3 Å². The molecular weight excluding hydrogens is 126 g/mol. The predicted molar refractivity (Wildman–Crippen MR) is 37.3 cm³/mol. The average Bonchev–Trinajstić information content (AvgIpc) is 2.36. The normalized spacial score (nSPS) is 15.3. The van der Waals surface area contributed by atoms with Gasteiger partial charge in [-0.15, -0.1) is 0 Å². The smallest absolute Gasteiger partial charge is 0.115 e. The standard InChI is InChI=1S/C7H9N3/c1-5-6-2-8-3-7(6)10-4-9-5/h4,8H,2-3H2,1H3. The molecule has 0 radical (unpaired) electrons. The number of fused-ring (bicyclic) bond motifs is 1. The number of nitrogens with one attached hydrogen (secondary N) is 1. The van der Waals surface area contributed by atoms with Gasteiger partial charge < -0.3 is 5.32 Å². The van der Waals surface area contributed by atoms with Gasteiger partial charge in [0.2, 0.25) is 0 Å². The Balaban J connectivity index is 2.59. The largest absolute Gasteiger partial charge is 0.307 e. The van der Waals surface area contributed by atoms with Crippen molar-refractivity contribution >= 4 is 0 Å². The first-order chi connectivity index (χ1) is 4.88. The fraction of sp³-hybridized carbons (Fsp3) is 0.429. The summed E-state index contributed by atoms with van der Waals surface area (Å²) < 4.78 is 0. The summed E-state index contributed by atoms with van der Waals surface area (Å²) in [4.78, 5) is 8.25. The number of hydrogen-bond donors (Lipinski definition) is 1. The molecule has 0 bridgehead atoms. The van der Waals surface area contributed by atoms with E-state index in [-0.39, 0.29) is 0 Å². The summed E-state index contributed by atoms with van der Waals surface area (Å²) >= 11 is 0. The van der Waals surface area contributed by atoms with Crippen LogP contribution in [-0.4, -0.2) is 9.97 Å². The molecule has 3 heteroatoms. The van der Waals surface area contributed by atoms with Crippen LogP contribution in [0.1, 0.15) is 17.0 Å². The quantitative estimate of drug-likeness (QED) is 0.559. The summed E-state index contributed by atoms with van der Waals surface area (Å²) in [5.74, 6) is 0. The van der Waals surface area contributed by atoms with Gasteiger partial charge in [0.05, 0.1) is 5.69 Å². The zero-order valence-corrected chi connectivity index (χ0v) is 5.89. The maximum Gasteiger partial charge on any atom is 0.115 e. The van der Waals surface area contributed by atoms with Gasteiger partial charge in [-0.05, 0) is 6.92 Å². The van der Waals surface area contributed by atoms with Gasteiger partial charge in [-0.1, -0.05) is 0 Å². The van der Waals surface area contributed by atoms with E-state index in [9.17, 15) is 0 Å². The molecule has 1 aromatic rings. The van der Waals surface area contributed by atoms with Crippen molar-refractivity contribution in [3.63, 3.8) is 0 Å². The third-order valence-electron chi connectivity index (χ3n) is 1.84. The highest BCUT2D eigenvalue weighted by atomic mass is 15.0. The second-order valence-corrected chi connectivity index (χ2v) is 2.49. The van der Waals surface area contributed by atoms with Crippen LogP contribution in [-0.2, 0) is 13.1 Å². The molecular formula is C7H9N3. The van der Waals surface area contributed by atoms with Crippen molar-refractivity contribution in [3.05, 3.63) is 23.3 Å². The van der Waals surface area contributed by atoms with E-state index in [2.05, 4.69) is 15.3 Å². The Kier molecular flexibility index (Phi) is 1.17. The first kappa shape index (κ1) is 5.80. The van der Waals surface area contributed by atoms with Crippen LogP contribution < -0.4 is 5.32 Å². The number of aromatic nitrogens is 2. The Morgan fingerprint density at radius 2 is 2.30 bits per heavy atom. The molecule has 0 atom stereocenters. The van der Waals surface area contributed by atoms with Crippen molar-refractivity contribution in [3.8, 4) is 0 Å². The summed E-state index contributed by atoms with van der Waals surface area (Å²) in [7, 11) is 0. The summed E-state index contributed by atoms with van der Waals surface area (Å²) in [6.45, 7) is 3.86. The first-order valence-electron chi connectivity index (χ1n) is 3.38. The zero-order valence-electron chi connectivity index (χ0n) is 5.89. The Labute approximate surface area is 59.5 Å². The van der Waals surface area contributed by atoms with E-state index in [4.69, 9.17) is 0 Å². The molecule has 1 aromatic heterocycles. The lowest BCUT2D eigenvalue weighted by Gasteiger charge is -1.97.